The van der Waals surface area contributed by atoms with Gasteiger partial charge in [-0.3, -0.25) is 4.72 Å². The van der Waals surface area contributed by atoms with E-state index in [0.717, 1.165) is 12.1 Å². The fraction of sp³-hybridized carbons (Fsp3) is 0.150. The maximum atomic E-state index is 13.2. The van der Waals surface area contributed by atoms with Crippen LogP contribution >= 0.6 is 0 Å². The van der Waals surface area contributed by atoms with Gasteiger partial charge in [-0.2, -0.15) is 0 Å². The average molecular weight is 400 g/mol. The monoisotopic (exact) mass is 400 g/mol. The van der Waals surface area contributed by atoms with Crippen molar-refractivity contribution in [1.29, 1.82) is 0 Å². The molecule has 0 spiro atoms. The predicted octanol–water partition coefficient (Wildman–Crippen LogP) is 4.29. The third kappa shape index (κ3) is 4.07. The number of nitrogens with zero attached hydrogens (tertiary/aromatic N) is 1. The Labute approximate surface area is 161 Å². The Bertz CT molecular complexity index is 1130. The van der Waals surface area contributed by atoms with E-state index in [1.165, 1.54) is 6.07 Å². The number of rotatable bonds is 6. The quantitative estimate of drug-likeness (QED) is 0.644. The lowest BCUT2D eigenvalue weighted by molar-refractivity contribution is 0.418. The average Bonchev–Trinajstić information content (AvgIpc) is 3.51. The second-order valence-electron chi connectivity index (χ2n) is 6.50. The number of pyridine rings is 1. The molecular formula is C20H17FN2O4S. The standard InChI is InChI=1S/C20H17FN2O4S/c21-17-10-7-15(12-19(17)24)27-20-6-2-5-18(22-20)13-3-1-4-14(11-13)23-28(25,26)16-8-9-16/h1-7,10-12,16,23-24H,8-9H2. The van der Waals surface area contributed by atoms with Crippen LogP contribution in [0.25, 0.3) is 11.3 Å². The molecule has 1 saturated carbocycles. The lowest BCUT2D eigenvalue weighted by atomic mass is 10.1. The Morgan fingerprint density at radius 3 is 2.61 bits per heavy atom. The SMILES string of the molecule is O=S(=O)(Nc1cccc(-c2cccc(Oc3ccc(F)c(O)c3)n2)c1)C1CC1. The van der Waals surface area contributed by atoms with Gasteiger partial charge >= 0.3 is 0 Å². The molecule has 0 saturated heterocycles. The number of hydrogen-bond donors (Lipinski definition) is 2. The number of aromatic nitrogens is 1. The number of aromatic hydroxyl groups is 1. The summed E-state index contributed by atoms with van der Waals surface area (Å²) in [6.45, 7) is 0. The molecule has 8 heteroatoms. The number of sulfonamides is 1. The molecule has 0 aliphatic heterocycles. The van der Waals surface area contributed by atoms with Crippen molar-refractivity contribution in [3.63, 3.8) is 0 Å². The van der Waals surface area contributed by atoms with E-state index in [0.29, 0.717) is 29.8 Å². The minimum Gasteiger partial charge on any atom is -0.505 e. The highest BCUT2D eigenvalue weighted by Gasteiger charge is 2.35. The molecule has 1 aliphatic carbocycles. The van der Waals surface area contributed by atoms with Gasteiger partial charge in [-0.25, -0.2) is 17.8 Å². The number of nitrogens with one attached hydrogen (secondary N) is 1. The summed E-state index contributed by atoms with van der Waals surface area (Å²) < 4.78 is 45.6. The van der Waals surface area contributed by atoms with E-state index in [1.807, 2.05) is 6.07 Å². The predicted molar refractivity (Wildman–Crippen MR) is 103 cm³/mol. The highest BCUT2D eigenvalue weighted by molar-refractivity contribution is 7.93. The number of phenolic OH excluding ortho intramolecular Hbond substituents is 1. The number of halogens is 1. The second kappa shape index (κ2) is 7.12. The lowest BCUT2D eigenvalue weighted by Gasteiger charge is -2.10. The Hall–Kier alpha value is -3.13. The smallest absolute Gasteiger partial charge is 0.235 e. The largest absolute Gasteiger partial charge is 0.505 e. The van der Waals surface area contributed by atoms with Crippen LogP contribution in [0, 0.1) is 5.82 Å². The number of benzene rings is 2. The van der Waals surface area contributed by atoms with Crippen molar-refractivity contribution in [1.82, 2.24) is 4.98 Å². The zero-order valence-corrected chi connectivity index (χ0v) is 15.5. The Morgan fingerprint density at radius 1 is 1.07 bits per heavy atom. The first-order valence-corrected chi connectivity index (χ1v) is 10.2. The molecule has 1 fully saturated rings. The van der Waals surface area contributed by atoms with E-state index in [4.69, 9.17) is 4.74 Å². The Kier molecular flexibility index (Phi) is 4.64. The third-order valence-corrected chi connectivity index (χ3v) is 6.11. The summed E-state index contributed by atoms with van der Waals surface area (Å²) in [7, 11) is -3.34. The minimum atomic E-state index is -3.34. The first-order valence-electron chi connectivity index (χ1n) is 8.66. The van der Waals surface area contributed by atoms with Crippen LogP contribution in [0.4, 0.5) is 10.1 Å². The van der Waals surface area contributed by atoms with Crippen molar-refractivity contribution in [3.05, 3.63) is 66.5 Å². The third-order valence-electron chi connectivity index (χ3n) is 4.25. The summed E-state index contributed by atoms with van der Waals surface area (Å²) in [5.74, 6) is -0.745. The van der Waals surface area contributed by atoms with Gasteiger partial charge in [0.05, 0.1) is 10.9 Å². The first kappa shape index (κ1) is 18.2. The second-order valence-corrected chi connectivity index (χ2v) is 8.46. The normalized spacial score (nSPS) is 13.9. The van der Waals surface area contributed by atoms with Crippen LogP contribution in [0.3, 0.4) is 0 Å². The maximum Gasteiger partial charge on any atom is 0.235 e. The molecule has 144 valence electrons. The van der Waals surface area contributed by atoms with Crippen molar-refractivity contribution in [2.75, 3.05) is 4.72 Å². The van der Waals surface area contributed by atoms with Crippen molar-refractivity contribution >= 4 is 15.7 Å². The number of ether oxygens (including phenoxy) is 1. The summed E-state index contributed by atoms with van der Waals surface area (Å²) in [6, 6.07) is 15.7. The lowest BCUT2D eigenvalue weighted by Crippen LogP contribution is -2.17. The van der Waals surface area contributed by atoms with Crippen LogP contribution in [-0.4, -0.2) is 23.8 Å². The number of phenols is 1. The number of hydrogen-bond acceptors (Lipinski definition) is 5. The summed E-state index contributed by atoms with van der Waals surface area (Å²) in [6.07, 6.45) is 1.38. The van der Waals surface area contributed by atoms with E-state index >= 15 is 0 Å². The zero-order chi connectivity index (χ0) is 19.7. The molecule has 0 unspecified atom stereocenters. The van der Waals surface area contributed by atoms with Gasteiger partial charge in [0.25, 0.3) is 0 Å². The summed E-state index contributed by atoms with van der Waals surface area (Å²) in [5, 5.41) is 9.14. The van der Waals surface area contributed by atoms with Gasteiger partial charge in [-0.1, -0.05) is 18.2 Å². The zero-order valence-electron chi connectivity index (χ0n) is 14.7. The van der Waals surface area contributed by atoms with Crippen molar-refractivity contribution in [3.8, 4) is 28.6 Å². The molecule has 2 N–H and O–H groups in total. The van der Waals surface area contributed by atoms with Crippen LogP contribution in [-0.2, 0) is 10.0 Å². The summed E-state index contributed by atoms with van der Waals surface area (Å²) in [5.41, 5.74) is 1.76. The molecule has 1 aromatic heterocycles. The van der Waals surface area contributed by atoms with E-state index in [2.05, 4.69) is 9.71 Å². The Balaban J connectivity index is 1.57. The van der Waals surface area contributed by atoms with Gasteiger partial charge in [0.1, 0.15) is 5.75 Å². The van der Waals surface area contributed by atoms with Crippen LogP contribution in [0.15, 0.2) is 60.7 Å². The molecular weight excluding hydrogens is 383 g/mol. The fourth-order valence-electron chi connectivity index (χ4n) is 2.68. The minimum absolute atomic E-state index is 0.245. The summed E-state index contributed by atoms with van der Waals surface area (Å²) in [4.78, 5) is 4.40. The van der Waals surface area contributed by atoms with Gasteiger partial charge in [0.2, 0.25) is 15.9 Å². The van der Waals surface area contributed by atoms with E-state index in [1.54, 1.807) is 36.4 Å². The van der Waals surface area contributed by atoms with Crippen molar-refractivity contribution in [2.45, 2.75) is 18.1 Å². The maximum absolute atomic E-state index is 13.2. The molecule has 0 atom stereocenters. The molecule has 3 aromatic rings. The molecule has 28 heavy (non-hydrogen) atoms. The van der Waals surface area contributed by atoms with Gasteiger partial charge in [0.15, 0.2) is 11.6 Å². The van der Waals surface area contributed by atoms with Crippen LogP contribution in [0.5, 0.6) is 17.4 Å². The van der Waals surface area contributed by atoms with Crippen LogP contribution in [0.2, 0.25) is 0 Å². The Morgan fingerprint density at radius 2 is 1.86 bits per heavy atom. The van der Waals surface area contributed by atoms with E-state index in [9.17, 15) is 17.9 Å². The van der Waals surface area contributed by atoms with Crippen LogP contribution < -0.4 is 9.46 Å². The fourth-order valence-corrected chi connectivity index (χ4v) is 4.06. The molecule has 1 aliphatic rings. The highest BCUT2D eigenvalue weighted by Crippen LogP contribution is 2.31. The topological polar surface area (TPSA) is 88.5 Å². The molecule has 6 nitrogen and oxygen atoms in total. The van der Waals surface area contributed by atoms with Crippen molar-refractivity contribution in [2.24, 2.45) is 0 Å². The highest BCUT2D eigenvalue weighted by atomic mass is 32.2. The van der Waals surface area contributed by atoms with E-state index < -0.39 is 21.6 Å². The van der Waals surface area contributed by atoms with Gasteiger partial charge < -0.3 is 9.84 Å². The van der Waals surface area contributed by atoms with Crippen molar-refractivity contribution < 1.29 is 22.7 Å². The number of anilines is 1. The molecule has 0 radical (unpaired) electrons. The first-order chi connectivity index (χ1) is 13.4. The van der Waals surface area contributed by atoms with Gasteiger partial charge in [-0.05, 0) is 43.2 Å². The van der Waals surface area contributed by atoms with Gasteiger partial charge in [0, 0.05) is 23.4 Å². The van der Waals surface area contributed by atoms with E-state index in [-0.39, 0.29) is 16.9 Å². The molecule has 1 heterocycles. The summed E-state index contributed by atoms with van der Waals surface area (Å²) >= 11 is 0. The van der Waals surface area contributed by atoms with Gasteiger partial charge in [-0.15, -0.1) is 0 Å². The molecule has 2 aromatic carbocycles. The van der Waals surface area contributed by atoms with Crippen LogP contribution in [0.1, 0.15) is 12.8 Å². The molecule has 4 rings (SSSR count). The molecule has 0 bridgehead atoms. The molecule has 0 amide bonds.